The highest BCUT2D eigenvalue weighted by molar-refractivity contribution is 7.89. The fourth-order valence-corrected chi connectivity index (χ4v) is 3.75. The number of rotatable bonds is 4. The van der Waals surface area contributed by atoms with Crippen LogP contribution in [0.15, 0.2) is 29.2 Å². The van der Waals surface area contributed by atoms with Gasteiger partial charge in [0, 0.05) is 26.3 Å². The second-order valence-corrected chi connectivity index (χ2v) is 7.11. The summed E-state index contributed by atoms with van der Waals surface area (Å²) >= 11 is 0. The molecule has 0 aromatic heterocycles. The van der Waals surface area contributed by atoms with Gasteiger partial charge in [0.1, 0.15) is 0 Å². The van der Waals surface area contributed by atoms with E-state index < -0.39 is 16.1 Å². The van der Waals surface area contributed by atoms with Crippen molar-refractivity contribution in [2.24, 2.45) is 0 Å². The molecule has 1 heterocycles. The van der Waals surface area contributed by atoms with E-state index in [2.05, 4.69) is 0 Å². The number of aliphatic hydroxyl groups excluding tert-OH is 1. The Bertz CT molecular complexity index is 533. The molecule has 1 aromatic rings. The summed E-state index contributed by atoms with van der Waals surface area (Å²) in [6, 6.07) is 6.38. The van der Waals surface area contributed by atoms with Gasteiger partial charge in [0.25, 0.3) is 0 Å². The molecule has 112 valence electrons. The van der Waals surface area contributed by atoms with E-state index >= 15 is 0 Å². The van der Waals surface area contributed by atoms with Gasteiger partial charge in [0.2, 0.25) is 10.0 Å². The zero-order valence-corrected chi connectivity index (χ0v) is 12.6. The van der Waals surface area contributed by atoms with Crippen LogP contribution in [0.3, 0.4) is 0 Å². The molecule has 1 aromatic carbocycles. The van der Waals surface area contributed by atoms with Gasteiger partial charge in [0.05, 0.1) is 11.0 Å². The van der Waals surface area contributed by atoms with Crippen molar-refractivity contribution < 1.29 is 18.3 Å². The van der Waals surface area contributed by atoms with Crippen molar-refractivity contribution in [2.75, 3.05) is 20.3 Å². The van der Waals surface area contributed by atoms with E-state index in [0.717, 1.165) is 12.8 Å². The minimum Gasteiger partial charge on any atom is -0.389 e. The Balaban J connectivity index is 2.20. The maximum Gasteiger partial charge on any atom is 0.243 e. The molecule has 0 aliphatic carbocycles. The molecule has 1 N–H and O–H groups in total. The van der Waals surface area contributed by atoms with Crippen molar-refractivity contribution in [1.29, 1.82) is 0 Å². The van der Waals surface area contributed by atoms with Gasteiger partial charge in [-0.25, -0.2) is 8.42 Å². The van der Waals surface area contributed by atoms with Crippen LogP contribution in [-0.4, -0.2) is 44.1 Å². The number of sulfonamides is 1. The first-order valence-corrected chi connectivity index (χ1v) is 8.20. The third-order valence-electron chi connectivity index (χ3n) is 3.74. The Morgan fingerprint density at radius 3 is 2.30 bits per heavy atom. The van der Waals surface area contributed by atoms with Gasteiger partial charge in [-0.05, 0) is 37.5 Å². The molecule has 6 heteroatoms. The second kappa shape index (κ2) is 6.22. The molecule has 0 spiro atoms. The van der Waals surface area contributed by atoms with Gasteiger partial charge in [0.15, 0.2) is 0 Å². The highest BCUT2D eigenvalue weighted by atomic mass is 32.2. The molecule has 1 unspecified atom stereocenters. The molecule has 1 fully saturated rings. The standard InChI is InChI=1S/C14H21NO4S/c1-11(16)12-3-5-14(6-4-12)20(17,18)15(2)13-7-9-19-10-8-13/h3-6,11,13,16H,7-10H2,1-2H3. The van der Waals surface area contributed by atoms with Crippen LogP contribution in [0.5, 0.6) is 0 Å². The average Bonchev–Trinajstić information content (AvgIpc) is 2.47. The molecular formula is C14H21NO4S. The van der Waals surface area contributed by atoms with Gasteiger partial charge in [-0.2, -0.15) is 4.31 Å². The summed E-state index contributed by atoms with van der Waals surface area (Å²) in [7, 11) is -1.87. The van der Waals surface area contributed by atoms with Crippen LogP contribution in [0.4, 0.5) is 0 Å². The molecule has 0 amide bonds. The lowest BCUT2D eigenvalue weighted by atomic mass is 10.1. The molecule has 2 rings (SSSR count). The fourth-order valence-electron chi connectivity index (χ4n) is 2.33. The van der Waals surface area contributed by atoms with Crippen molar-refractivity contribution in [3.63, 3.8) is 0 Å². The lowest BCUT2D eigenvalue weighted by molar-refractivity contribution is 0.0632. The topological polar surface area (TPSA) is 66.8 Å². The summed E-state index contributed by atoms with van der Waals surface area (Å²) in [5.41, 5.74) is 0.706. The lowest BCUT2D eigenvalue weighted by Crippen LogP contribution is -2.40. The Morgan fingerprint density at radius 2 is 1.80 bits per heavy atom. The van der Waals surface area contributed by atoms with Gasteiger partial charge < -0.3 is 9.84 Å². The van der Waals surface area contributed by atoms with E-state index in [1.807, 2.05) is 0 Å². The Kier molecular flexibility index (Phi) is 4.80. The monoisotopic (exact) mass is 299 g/mol. The summed E-state index contributed by atoms with van der Waals surface area (Å²) in [6.07, 6.45) is 0.850. The smallest absolute Gasteiger partial charge is 0.243 e. The van der Waals surface area contributed by atoms with E-state index in [-0.39, 0.29) is 10.9 Å². The summed E-state index contributed by atoms with van der Waals surface area (Å²) in [4.78, 5) is 0.260. The zero-order chi connectivity index (χ0) is 14.8. The highest BCUT2D eigenvalue weighted by Crippen LogP contribution is 2.23. The SMILES string of the molecule is CC(O)c1ccc(S(=O)(=O)N(C)C2CCOCC2)cc1. The van der Waals surface area contributed by atoms with E-state index in [9.17, 15) is 13.5 Å². The molecule has 0 radical (unpaired) electrons. The van der Waals surface area contributed by atoms with Gasteiger partial charge in [-0.15, -0.1) is 0 Å². The summed E-state index contributed by atoms with van der Waals surface area (Å²) < 4.78 is 31.8. The van der Waals surface area contributed by atoms with Crippen LogP contribution in [0, 0.1) is 0 Å². The lowest BCUT2D eigenvalue weighted by Gasteiger charge is -2.30. The molecule has 1 saturated heterocycles. The van der Waals surface area contributed by atoms with Crippen LogP contribution in [0.25, 0.3) is 0 Å². The van der Waals surface area contributed by atoms with E-state index in [4.69, 9.17) is 4.74 Å². The number of aliphatic hydroxyl groups is 1. The van der Waals surface area contributed by atoms with Crippen molar-refractivity contribution in [3.8, 4) is 0 Å². The molecule has 1 aliphatic rings. The largest absolute Gasteiger partial charge is 0.389 e. The molecule has 1 atom stereocenters. The normalized spacial score (nSPS) is 19.2. The maximum atomic E-state index is 12.5. The van der Waals surface area contributed by atoms with E-state index in [1.165, 1.54) is 4.31 Å². The second-order valence-electron chi connectivity index (χ2n) is 5.11. The number of hydrogen-bond acceptors (Lipinski definition) is 4. The Labute approximate surface area is 120 Å². The predicted octanol–water partition coefficient (Wildman–Crippen LogP) is 1.54. The predicted molar refractivity (Wildman–Crippen MR) is 75.9 cm³/mol. The fraction of sp³-hybridized carbons (Fsp3) is 0.571. The average molecular weight is 299 g/mol. The number of hydrogen-bond donors (Lipinski definition) is 1. The molecule has 0 bridgehead atoms. The van der Waals surface area contributed by atoms with Gasteiger partial charge in [-0.3, -0.25) is 0 Å². The van der Waals surface area contributed by atoms with Crippen molar-refractivity contribution in [1.82, 2.24) is 4.31 Å². The third-order valence-corrected chi connectivity index (χ3v) is 5.67. The maximum absolute atomic E-state index is 12.5. The van der Waals surface area contributed by atoms with Gasteiger partial charge >= 0.3 is 0 Å². The zero-order valence-electron chi connectivity index (χ0n) is 11.8. The highest BCUT2D eigenvalue weighted by Gasteiger charge is 2.29. The van der Waals surface area contributed by atoms with Crippen molar-refractivity contribution in [3.05, 3.63) is 29.8 Å². The molecular weight excluding hydrogens is 278 g/mol. The van der Waals surface area contributed by atoms with Crippen LogP contribution < -0.4 is 0 Å². The first kappa shape index (κ1) is 15.4. The molecule has 20 heavy (non-hydrogen) atoms. The quantitative estimate of drug-likeness (QED) is 0.916. The van der Waals surface area contributed by atoms with Crippen LogP contribution in [0.2, 0.25) is 0 Å². The summed E-state index contributed by atoms with van der Waals surface area (Å²) in [6.45, 7) is 2.86. The number of ether oxygens (including phenoxy) is 1. The van der Waals surface area contributed by atoms with E-state index in [1.54, 1.807) is 38.2 Å². The van der Waals surface area contributed by atoms with Gasteiger partial charge in [-0.1, -0.05) is 12.1 Å². The number of nitrogens with zero attached hydrogens (tertiary/aromatic N) is 1. The third kappa shape index (κ3) is 3.20. The van der Waals surface area contributed by atoms with Crippen LogP contribution in [-0.2, 0) is 14.8 Å². The minimum absolute atomic E-state index is 0.00908. The van der Waals surface area contributed by atoms with Crippen molar-refractivity contribution in [2.45, 2.75) is 36.8 Å². The van der Waals surface area contributed by atoms with Crippen molar-refractivity contribution >= 4 is 10.0 Å². The summed E-state index contributed by atoms with van der Waals surface area (Å²) in [5, 5.41) is 9.46. The molecule has 0 saturated carbocycles. The first-order valence-electron chi connectivity index (χ1n) is 6.76. The van der Waals surface area contributed by atoms with Crippen LogP contribution in [0.1, 0.15) is 31.4 Å². The Morgan fingerprint density at radius 1 is 1.25 bits per heavy atom. The van der Waals surface area contributed by atoms with E-state index in [0.29, 0.717) is 18.8 Å². The molecule has 5 nitrogen and oxygen atoms in total. The first-order chi connectivity index (χ1) is 9.43. The minimum atomic E-state index is -3.48. The summed E-state index contributed by atoms with van der Waals surface area (Å²) in [5.74, 6) is 0. The Hall–Kier alpha value is -0.950. The van der Waals surface area contributed by atoms with Crippen LogP contribution >= 0.6 is 0 Å². The molecule has 1 aliphatic heterocycles. The number of benzene rings is 1.